The van der Waals surface area contributed by atoms with Crippen LogP contribution in [0.15, 0.2) is 24.3 Å². The minimum absolute atomic E-state index is 0.103. The Bertz CT molecular complexity index is 518. The number of carbonyl (C=O) groups excluding carboxylic acids is 2. The number of piperazine rings is 1. The fourth-order valence-electron chi connectivity index (χ4n) is 2.14. The number of hydrogen-bond donors (Lipinski definition) is 2. The third kappa shape index (κ3) is 5.19. The normalized spacial score (nSPS) is 16.2. The molecule has 5 nitrogen and oxygen atoms in total. The average Bonchev–Trinajstić information content (AvgIpc) is 2.55. The van der Waals surface area contributed by atoms with Crippen molar-refractivity contribution in [3.63, 3.8) is 0 Å². The van der Waals surface area contributed by atoms with E-state index in [0.717, 1.165) is 26.2 Å². The molecule has 2 amide bonds. The summed E-state index contributed by atoms with van der Waals surface area (Å²) < 4.78 is 0. The van der Waals surface area contributed by atoms with Crippen LogP contribution in [0.4, 0.5) is 5.69 Å². The summed E-state index contributed by atoms with van der Waals surface area (Å²) >= 11 is 7.16. The summed E-state index contributed by atoms with van der Waals surface area (Å²) in [6, 6.07) is 6.95. The predicted molar refractivity (Wildman–Crippen MR) is 91.5 cm³/mol. The van der Waals surface area contributed by atoms with Crippen molar-refractivity contribution in [2.24, 2.45) is 0 Å². The van der Waals surface area contributed by atoms with Gasteiger partial charge >= 0.3 is 0 Å². The molecule has 1 aromatic rings. The van der Waals surface area contributed by atoms with Gasteiger partial charge in [-0.15, -0.1) is 11.8 Å². The topological polar surface area (TPSA) is 61.4 Å². The average molecular weight is 342 g/mol. The molecule has 1 saturated heterocycles. The predicted octanol–water partition coefficient (Wildman–Crippen LogP) is 1.83. The van der Waals surface area contributed by atoms with Gasteiger partial charge in [0.1, 0.15) is 0 Å². The van der Waals surface area contributed by atoms with E-state index in [1.807, 2.05) is 11.8 Å². The zero-order chi connectivity index (χ0) is 15.9. The summed E-state index contributed by atoms with van der Waals surface area (Å²) in [4.78, 5) is 26.0. The fourth-order valence-corrected chi connectivity index (χ4v) is 3.04. The molecule has 1 aliphatic heterocycles. The standard InChI is InChI=1S/C15H20ClN3O2S/c1-11(15(21)19-8-6-17-7-9-19)22-10-14(20)18-13-4-2-12(16)3-5-13/h2-5,11,17H,6-10H2,1H3,(H,18,20). The van der Waals surface area contributed by atoms with Crippen molar-refractivity contribution in [2.75, 3.05) is 37.2 Å². The minimum Gasteiger partial charge on any atom is -0.339 e. The highest BCUT2D eigenvalue weighted by molar-refractivity contribution is 8.01. The summed E-state index contributed by atoms with van der Waals surface area (Å²) in [5, 5.41) is 6.42. The molecular weight excluding hydrogens is 322 g/mol. The van der Waals surface area contributed by atoms with E-state index in [1.165, 1.54) is 11.8 Å². The van der Waals surface area contributed by atoms with E-state index in [2.05, 4.69) is 10.6 Å². The summed E-state index contributed by atoms with van der Waals surface area (Å²) in [7, 11) is 0. The van der Waals surface area contributed by atoms with E-state index >= 15 is 0 Å². The monoisotopic (exact) mass is 341 g/mol. The van der Waals surface area contributed by atoms with E-state index < -0.39 is 0 Å². The van der Waals surface area contributed by atoms with Crippen LogP contribution in [-0.2, 0) is 9.59 Å². The lowest BCUT2D eigenvalue weighted by atomic mass is 10.3. The van der Waals surface area contributed by atoms with Crippen LogP contribution in [0.3, 0.4) is 0 Å². The Morgan fingerprint density at radius 1 is 1.32 bits per heavy atom. The van der Waals surface area contributed by atoms with Gasteiger partial charge in [0.05, 0.1) is 11.0 Å². The third-order valence-electron chi connectivity index (χ3n) is 3.37. The molecule has 2 rings (SSSR count). The molecule has 0 aromatic heterocycles. The van der Waals surface area contributed by atoms with Gasteiger partial charge in [-0.3, -0.25) is 9.59 Å². The van der Waals surface area contributed by atoms with E-state index in [4.69, 9.17) is 11.6 Å². The number of rotatable bonds is 5. The molecule has 0 radical (unpaired) electrons. The van der Waals surface area contributed by atoms with Gasteiger partial charge < -0.3 is 15.5 Å². The van der Waals surface area contributed by atoms with Crippen molar-refractivity contribution in [3.05, 3.63) is 29.3 Å². The lowest BCUT2D eigenvalue weighted by Gasteiger charge is -2.29. The zero-order valence-electron chi connectivity index (χ0n) is 12.5. The highest BCUT2D eigenvalue weighted by atomic mass is 35.5. The first kappa shape index (κ1) is 17.1. The maximum Gasteiger partial charge on any atom is 0.235 e. The van der Waals surface area contributed by atoms with Crippen molar-refractivity contribution in [1.29, 1.82) is 0 Å². The van der Waals surface area contributed by atoms with Crippen molar-refractivity contribution in [2.45, 2.75) is 12.2 Å². The van der Waals surface area contributed by atoms with Crippen LogP contribution in [0.1, 0.15) is 6.92 Å². The van der Waals surface area contributed by atoms with Crippen LogP contribution < -0.4 is 10.6 Å². The number of anilines is 1. The van der Waals surface area contributed by atoms with Crippen LogP contribution in [0.25, 0.3) is 0 Å². The Morgan fingerprint density at radius 3 is 2.59 bits per heavy atom. The van der Waals surface area contributed by atoms with Crippen LogP contribution in [0.5, 0.6) is 0 Å². The Balaban J connectivity index is 1.75. The molecule has 1 aromatic carbocycles. The van der Waals surface area contributed by atoms with Crippen LogP contribution in [0.2, 0.25) is 5.02 Å². The second kappa shape index (κ2) is 8.41. The number of nitrogens with one attached hydrogen (secondary N) is 2. The molecule has 0 aliphatic carbocycles. The lowest BCUT2D eigenvalue weighted by Crippen LogP contribution is -2.48. The van der Waals surface area contributed by atoms with Gasteiger partial charge in [0.15, 0.2) is 0 Å². The van der Waals surface area contributed by atoms with Gasteiger partial charge in [-0.05, 0) is 31.2 Å². The highest BCUT2D eigenvalue weighted by Gasteiger charge is 2.22. The van der Waals surface area contributed by atoms with Gasteiger partial charge in [0.25, 0.3) is 0 Å². The van der Waals surface area contributed by atoms with Gasteiger partial charge in [-0.1, -0.05) is 11.6 Å². The Labute approximate surface area is 139 Å². The van der Waals surface area contributed by atoms with E-state index in [1.54, 1.807) is 24.3 Å². The summed E-state index contributed by atoms with van der Waals surface area (Å²) in [6.07, 6.45) is 0. The van der Waals surface area contributed by atoms with Crippen molar-refractivity contribution in [3.8, 4) is 0 Å². The highest BCUT2D eigenvalue weighted by Crippen LogP contribution is 2.16. The molecule has 2 N–H and O–H groups in total. The first-order valence-electron chi connectivity index (χ1n) is 7.23. The van der Waals surface area contributed by atoms with Gasteiger partial charge in [-0.2, -0.15) is 0 Å². The third-order valence-corrected chi connectivity index (χ3v) is 4.75. The molecule has 7 heteroatoms. The first-order valence-corrected chi connectivity index (χ1v) is 8.65. The van der Waals surface area contributed by atoms with Crippen LogP contribution in [0, 0.1) is 0 Å². The smallest absolute Gasteiger partial charge is 0.235 e. The Morgan fingerprint density at radius 2 is 1.95 bits per heavy atom. The van der Waals surface area contributed by atoms with Gasteiger partial charge in [0.2, 0.25) is 11.8 Å². The molecule has 120 valence electrons. The molecule has 1 fully saturated rings. The van der Waals surface area contributed by atoms with E-state index in [-0.39, 0.29) is 22.8 Å². The SMILES string of the molecule is CC(SCC(=O)Nc1ccc(Cl)cc1)C(=O)N1CCNCC1. The van der Waals surface area contributed by atoms with Crippen molar-refractivity contribution >= 4 is 40.9 Å². The summed E-state index contributed by atoms with van der Waals surface area (Å²) in [5.74, 6) is 0.236. The largest absolute Gasteiger partial charge is 0.339 e. The molecule has 1 heterocycles. The Hall–Kier alpha value is -1.24. The van der Waals surface area contributed by atoms with Gasteiger partial charge in [-0.25, -0.2) is 0 Å². The molecule has 1 aliphatic rings. The maximum atomic E-state index is 12.2. The number of benzene rings is 1. The number of hydrogen-bond acceptors (Lipinski definition) is 4. The minimum atomic E-state index is -0.214. The molecule has 0 saturated carbocycles. The quantitative estimate of drug-likeness (QED) is 0.857. The summed E-state index contributed by atoms with van der Waals surface area (Å²) in [6.45, 7) is 4.99. The Kier molecular flexibility index (Phi) is 6.54. The van der Waals surface area contributed by atoms with E-state index in [9.17, 15) is 9.59 Å². The zero-order valence-corrected chi connectivity index (χ0v) is 14.0. The van der Waals surface area contributed by atoms with Crippen molar-refractivity contribution in [1.82, 2.24) is 10.2 Å². The maximum absolute atomic E-state index is 12.2. The van der Waals surface area contributed by atoms with Crippen LogP contribution >= 0.6 is 23.4 Å². The number of halogens is 1. The number of nitrogens with zero attached hydrogens (tertiary/aromatic N) is 1. The van der Waals surface area contributed by atoms with Gasteiger partial charge in [0, 0.05) is 36.9 Å². The summed E-state index contributed by atoms with van der Waals surface area (Å²) in [5.41, 5.74) is 0.705. The molecule has 1 atom stereocenters. The molecule has 0 spiro atoms. The number of thioether (sulfide) groups is 1. The fraction of sp³-hybridized carbons (Fsp3) is 0.467. The molecular formula is C15H20ClN3O2S. The second-order valence-electron chi connectivity index (χ2n) is 5.08. The first-order chi connectivity index (χ1) is 10.6. The van der Waals surface area contributed by atoms with Crippen LogP contribution in [-0.4, -0.2) is 53.9 Å². The lowest BCUT2D eigenvalue weighted by molar-refractivity contribution is -0.130. The number of carbonyl (C=O) groups is 2. The second-order valence-corrected chi connectivity index (χ2v) is 6.85. The number of amides is 2. The molecule has 0 bridgehead atoms. The molecule has 22 heavy (non-hydrogen) atoms. The van der Waals surface area contributed by atoms with E-state index in [0.29, 0.717) is 10.7 Å². The molecule has 1 unspecified atom stereocenters. The van der Waals surface area contributed by atoms with Crippen molar-refractivity contribution < 1.29 is 9.59 Å².